The van der Waals surface area contributed by atoms with E-state index >= 15 is 0 Å². The molecule has 0 aromatic rings. The largest absolute Gasteiger partial charge is 0.299 e. The molecule has 0 aliphatic rings. The minimum Gasteiger partial charge on any atom is -0.299 e. The molecule has 0 heterocycles. The van der Waals surface area contributed by atoms with E-state index < -0.39 is 0 Å². The third-order valence-corrected chi connectivity index (χ3v) is 1.40. The van der Waals surface area contributed by atoms with Gasteiger partial charge in [-0.05, 0) is 6.42 Å². The molecule has 0 rings (SSSR count). The van der Waals surface area contributed by atoms with Crippen LogP contribution >= 0.6 is 15.9 Å². The SMILES string of the molecule is C=CCCC(=O)CBr. The monoisotopic (exact) mass is 176 g/mol. The molecule has 0 bridgehead atoms. The van der Waals surface area contributed by atoms with Crippen molar-refractivity contribution in [3.63, 3.8) is 0 Å². The fourth-order valence-electron chi connectivity index (χ4n) is 0.330. The first-order chi connectivity index (χ1) is 3.81. The maximum Gasteiger partial charge on any atom is 0.143 e. The molecule has 8 heavy (non-hydrogen) atoms. The first-order valence-corrected chi connectivity index (χ1v) is 3.62. The van der Waals surface area contributed by atoms with Crippen molar-refractivity contribution >= 4 is 21.7 Å². The molecule has 0 aliphatic carbocycles. The summed E-state index contributed by atoms with van der Waals surface area (Å²) in [7, 11) is 0. The summed E-state index contributed by atoms with van der Waals surface area (Å²) < 4.78 is 0. The summed E-state index contributed by atoms with van der Waals surface area (Å²) in [5.74, 6) is 0.241. The van der Waals surface area contributed by atoms with E-state index in [-0.39, 0.29) is 5.78 Å². The molecule has 0 fully saturated rings. The third kappa shape index (κ3) is 4.06. The second kappa shape index (κ2) is 5.04. The Kier molecular flexibility index (Phi) is 4.97. The van der Waals surface area contributed by atoms with E-state index in [0.29, 0.717) is 11.8 Å². The highest BCUT2D eigenvalue weighted by atomic mass is 79.9. The summed E-state index contributed by atoms with van der Waals surface area (Å²) in [6.45, 7) is 3.50. The van der Waals surface area contributed by atoms with Crippen molar-refractivity contribution < 1.29 is 4.79 Å². The van der Waals surface area contributed by atoms with Crippen LogP contribution in [-0.4, -0.2) is 11.1 Å². The molecule has 0 aromatic heterocycles. The Morgan fingerprint density at radius 2 is 2.38 bits per heavy atom. The van der Waals surface area contributed by atoms with Gasteiger partial charge >= 0.3 is 0 Å². The lowest BCUT2D eigenvalue weighted by molar-refractivity contribution is -0.116. The van der Waals surface area contributed by atoms with Crippen LogP contribution in [0.15, 0.2) is 12.7 Å². The molecule has 0 amide bonds. The van der Waals surface area contributed by atoms with Gasteiger partial charge in [-0.2, -0.15) is 0 Å². The molecular weight excluding hydrogens is 168 g/mol. The summed E-state index contributed by atoms with van der Waals surface area (Å²) in [4.78, 5) is 10.5. The van der Waals surface area contributed by atoms with E-state index in [1.807, 2.05) is 0 Å². The Morgan fingerprint density at radius 1 is 1.75 bits per heavy atom. The average molecular weight is 177 g/mol. The van der Waals surface area contributed by atoms with Crippen molar-refractivity contribution in [2.24, 2.45) is 0 Å². The van der Waals surface area contributed by atoms with E-state index in [2.05, 4.69) is 22.5 Å². The van der Waals surface area contributed by atoms with Crippen LogP contribution in [0, 0.1) is 0 Å². The molecule has 0 N–H and O–H groups in total. The fraction of sp³-hybridized carbons (Fsp3) is 0.500. The zero-order valence-electron chi connectivity index (χ0n) is 4.69. The number of carbonyl (C=O) groups excluding carboxylic acids is 1. The van der Waals surface area contributed by atoms with Crippen LogP contribution in [0.1, 0.15) is 12.8 Å². The van der Waals surface area contributed by atoms with Crippen molar-refractivity contribution in [2.45, 2.75) is 12.8 Å². The number of carbonyl (C=O) groups is 1. The molecule has 0 atom stereocenters. The molecule has 0 radical (unpaired) electrons. The van der Waals surface area contributed by atoms with E-state index in [4.69, 9.17) is 0 Å². The number of alkyl halides is 1. The van der Waals surface area contributed by atoms with Crippen LogP contribution in [0.4, 0.5) is 0 Å². The number of allylic oxidation sites excluding steroid dienone is 1. The van der Waals surface area contributed by atoms with Crippen molar-refractivity contribution in [1.82, 2.24) is 0 Å². The van der Waals surface area contributed by atoms with Crippen molar-refractivity contribution in [1.29, 1.82) is 0 Å². The Morgan fingerprint density at radius 3 is 2.75 bits per heavy atom. The lowest BCUT2D eigenvalue weighted by atomic mass is 10.2. The summed E-state index contributed by atoms with van der Waals surface area (Å²) in [5, 5.41) is 0.473. The number of hydrogen-bond donors (Lipinski definition) is 0. The van der Waals surface area contributed by atoms with Crippen LogP contribution in [0.3, 0.4) is 0 Å². The lowest BCUT2D eigenvalue weighted by Crippen LogP contribution is -1.96. The highest BCUT2D eigenvalue weighted by Gasteiger charge is 1.93. The number of hydrogen-bond acceptors (Lipinski definition) is 1. The van der Waals surface area contributed by atoms with Gasteiger partial charge < -0.3 is 0 Å². The van der Waals surface area contributed by atoms with Gasteiger partial charge in [0.15, 0.2) is 0 Å². The Balaban J connectivity index is 3.11. The van der Waals surface area contributed by atoms with E-state index in [1.165, 1.54) is 0 Å². The van der Waals surface area contributed by atoms with Gasteiger partial charge in [0.25, 0.3) is 0 Å². The van der Waals surface area contributed by atoms with E-state index in [0.717, 1.165) is 6.42 Å². The molecule has 1 nitrogen and oxygen atoms in total. The lowest BCUT2D eigenvalue weighted by Gasteiger charge is -1.87. The molecular formula is C6H9BrO. The van der Waals surface area contributed by atoms with Crippen molar-refractivity contribution in [3.05, 3.63) is 12.7 Å². The molecule has 0 saturated carbocycles. The zero-order chi connectivity index (χ0) is 6.41. The topological polar surface area (TPSA) is 17.1 Å². The normalized spacial score (nSPS) is 8.62. The van der Waals surface area contributed by atoms with Gasteiger partial charge in [0.1, 0.15) is 5.78 Å². The predicted molar refractivity (Wildman–Crippen MR) is 38.2 cm³/mol. The molecule has 2 heteroatoms. The molecule has 46 valence electrons. The maximum absolute atomic E-state index is 10.5. The second-order valence-electron chi connectivity index (χ2n) is 1.50. The summed E-state index contributed by atoms with van der Waals surface area (Å²) in [6.07, 6.45) is 3.17. The minimum atomic E-state index is 0.241. The zero-order valence-corrected chi connectivity index (χ0v) is 6.28. The highest BCUT2D eigenvalue weighted by Crippen LogP contribution is 1.93. The van der Waals surface area contributed by atoms with Gasteiger partial charge in [-0.25, -0.2) is 0 Å². The predicted octanol–water partition coefficient (Wildman–Crippen LogP) is 1.92. The van der Waals surface area contributed by atoms with Gasteiger partial charge in [-0.3, -0.25) is 4.79 Å². The van der Waals surface area contributed by atoms with Crippen LogP contribution in [-0.2, 0) is 4.79 Å². The maximum atomic E-state index is 10.5. The van der Waals surface area contributed by atoms with Crippen molar-refractivity contribution in [3.8, 4) is 0 Å². The highest BCUT2D eigenvalue weighted by molar-refractivity contribution is 9.09. The Bertz CT molecular complexity index is 88.5. The quantitative estimate of drug-likeness (QED) is 0.473. The number of ketones is 1. The fourth-order valence-corrected chi connectivity index (χ4v) is 0.610. The molecule has 0 spiro atoms. The average Bonchev–Trinajstić information content (AvgIpc) is 1.83. The number of Topliss-reactive ketones (excluding diaryl/α,β-unsaturated/α-hetero) is 1. The molecule has 0 saturated heterocycles. The van der Waals surface area contributed by atoms with Gasteiger partial charge in [-0.15, -0.1) is 6.58 Å². The second-order valence-corrected chi connectivity index (χ2v) is 2.06. The smallest absolute Gasteiger partial charge is 0.143 e. The van der Waals surface area contributed by atoms with Crippen molar-refractivity contribution in [2.75, 3.05) is 5.33 Å². The van der Waals surface area contributed by atoms with Crippen LogP contribution in [0.5, 0.6) is 0 Å². The molecule has 0 aliphatic heterocycles. The Labute approximate surface area is 57.9 Å². The van der Waals surface area contributed by atoms with Crippen LogP contribution in [0.2, 0.25) is 0 Å². The summed E-state index contributed by atoms with van der Waals surface area (Å²) in [6, 6.07) is 0. The summed E-state index contributed by atoms with van der Waals surface area (Å²) in [5.41, 5.74) is 0. The minimum absolute atomic E-state index is 0.241. The van der Waals surface area contributed by atoms with Gasteiger partial charge in [0.05, 0.1) is 5.33 Å². The van der Waals surface area contributed by atoms with Crippen LogP contribution < -0.4 is 0 Å². The van der Waals surface area contributed by atoms with Gasteiger partial charge in [-0.1, -0.05) is 22.0 Å². The number of halogens is 1. The van der Waals surface area contributed by atoms with Gasteiger partial charge in [0.2, 0.25) is 0 Å². The van der Waals surface area contributed by atoms with Gasteiger partial charge in [0, 0.05) is 6.42 Å². The molecule has 0 aromatic carbocycles. The standard InChI is InChI=1S/C6H9BrO/c1-2-3-4-6(8)5-7/h2H,1,3-5H2. The number of rotatable bonds is 4. The third-order valence-electron chi connectivity index (χ3n) is 0.776. The first-order valence-electron chi connectivity index (χ1n) is 2.49. The summed E-state index contributed by atoms with van der Waals surface area (Å²) >= 11 is 3.06. The van der Waals surface area contributed by atoms with E-state index in [9.17, 15) is 4.79 Å². The van der Waals surface area contributed by atoms with E-state index in [1.54, 1.807) is 6.08 Å². The van der Waals surface area contributed by atoms with Crippen LogP contribution in [0.25, 0.3) is 0 Å². The first kappa shape index (κ1) is 7.89. The Hall–Kier alpha value is -0.110. The molecule has 0 unspecified atom stereocenters.